The molecule has 0 fully saturated rings. The van der Waals surface area contributed by atoms with Crippen LogP contribution >= 0.6 is 0 Å². The predicted molar refractivity (Wildman–Crippen MR) is 71.9 cm³/mol. The van der Waals surface area contributed by atoms with Gasteiger partial charge >= 0.3 is 5.97 Å². The number of hydrogen-bond donors (Lipinski definition) is 2. The molecule has 1 atom stereocenters. The highest BCUT2D eigenvalue weighted by Gasteiger charge is 2.13. The van der Waals surface area contributed by atoms with Crippen LogP contribution < -0.4 is 11.1 Å². The third-order valence-electron chi connectivity index (χ3n) is 2.37. The van der Waals surface area contributed by atoms with Gasteiger partial charge in [0.15, 0.2) is 0 Å². The minimum Gasteiger partial charge on any atom is -0.457 e. The monoisotopic (exact) mass is 248 g/mol. The average Bonchev–Trinajstić information content (AvgIpc) is 2.29. The first-order chi connectivity index (χ1) is 8.61. The number of allylic oxidation sites excluding steroid dienone is 1. The van der Waals surface area contributed by atoms with Crippen molar-refractivity contribution in [3.63, 3.8) is 0 Å². The molecule has 1 aromatic carbocycles. The van der Waals surface area contributed by atoms with Crippen LogP contribution in [0.5, 0.6) is 0 Å². The number of esters is 1. The zero-order valence-electron chi connectivity index (χ0n) is 10.8. The Morgan fingerprint density at radius 2 is 2.11 bits per heavy atom. The van der Waals surface area contributed by atoms with Crippen LogP contribution in [0.15, 0.2) is 42.1 Å². The highest BCUT2D eigenvalue weighted by Crippen LogP contribution is 2.06. The minimum atomic E-state index is -0.397. The summed E-state index contributed by atoms with van der Waals surface area (Å²) in [6.07, 6.45) is 1.79. The van der Waals surface area contributed by atoms with Crippen LogP contribution in [0.1, 0.15) is 12.5 Å². The zero-order chi connectivity index (χ0) is 13.4. The Morgan fingerprint density at radius 1 is 1.44 bits per heavy atom. The molecule has 0 spiro atoms. The van der Waals surface area contributed by atoms with Crippen LogP contribution in [0.2, 0.25) is 0 Å². The van der Waals surface area contributed by atoms with E-state index in [0.29, 0.717) is 18.7 Å². The number of nitrogens with one attached hydrogen (secondary N) is 1. The van der Waals surface area contributed by atoms with E-state index in [1.165, 1.54) is 6.08 Å². The molecule has 1 unspecified atom stereocenters. The maximum Gasteiger partial charge on any atom is 0.332 e. The summed E-state index contributed by atoms with van der Waals surface area (Å²) in [4.78, 5) is 11.5. The molecule has 3 N–H and O–H groups in total. The van der Waals surface area contributed by atoms with E-state index in [2.05, 4.69) is 5.32 Å². The SMILES string of the molecule is CNCC(Cc1ccccc1)OC(=O)/C=C(/C)N. The van der Waals surface area contributed by atoms with Crippen LogP contribution in [0.3, 0.4) is 0 Å². The molecule has 0 heterocycles. The van der Waals surface area contributed by atoms with Gasteiger partial charge in [-0.25, -0.2) is 4.79 Å². The average molecular weight is 248 g/mol. The number of benzene rings is 1. The number of hydrogen-bond acceptors (Lipinski definition) is 4. The van der Waals surface area contributed by atoms with Crippen molar-refractivity contribution in [3.8, 4) is 0 Å². The van der Waals surface area contributed by atoms with Crippen molar-refractivity contribution >= 4 is 5.97 Å². The van der Waals surface area contributed by atoms with E-state index in [9.17, 15) is 4.79 Å². The van der Waals surface area contributed by atoms with E-state index < -0.39 is 5.97 Å². The molecule has 0 aromatic heterocycles. The second-order valence-electron chi connectivity index (χ2n) is 4.19. The van der Waals surface area contributed by atoms with E-state index in [1.807, 2.05) is 37.4 Å². The van der Waals surface area contributed by atoms with Gasteiger partial charge in [0.05, 0.1) is 0 Å². The molecule has 0 aliphatic carbocycles. The molecule has 0 aliphatic heterocycles. The van der Waals surface area contributed by atoms with Crippen molar-refractivity contribution < 1.29 is 9.53 Å². The van der Waals surface area contributed by atoms with Crippen LogP contribution in [0.25, 0.3) is 0 Å². The summed E-state index contributed by atoms with van der Waals surface area (Å²) in [7, 11) is 1.83. The lowest BCUT2D eigenvalue weighted by molar-refractivity contribution is -0.142. The second-order valence-corrected chi connectivity index (χ2v) is 4.19. The molecule has 1 rings (SSSR count). The van der Waals surface area contributed by atoms with Crippen molar-refractivity contribution in [1.82, 2.24) is 5.32 Å². The summed E-state index contributed by atoms with van der Waals surface area (Å²) in [5.41, 5.74) is 7.03. The lowest BCUT2D eigenvalue weighted by Gasteiger charge is -2.16. The Morgan fingerprint density at radius 3 is 2.67 bits per heavy atom. The molecule has 0 aliphatic rings. The van der Waals surface area contributed by atoms with Gasteiger partial charge in [-0.1, -0.05) is 30.3 Å². The number of likely N-dealkylation sites (N-methyl/N-ethyl adjacent to an activating group) is 1. The molecule has 4 heteroatoms. The van der Waals surface area contributed by atoms with Crippen LogP contribution in [-0.4, -0.2) is 25.7 Å². The highest BCUT2D eigenvalue weighted by molar-refractivity contribution is 5.82. The van der Waals surface area contributed by atoms with E-state index in [4.69, 9.17) is 10.5 Å². The van der Waals surface area contributed by atoms with Crippen LogP contribution in [0, 0.1) is 0 Å². The summed E-state index contributed by atoms with van der Waals surface area (Å²) in [5, 5.41) is 3.02. The van der Waals surface area contributed by atoms with Gasteiger partial charge in [-0.15, -0.1) is 0 Å². The molecule has 1 aromatic rings. The maximum atomic E-state index is 11.5. The fourth-order valence-corrected chi connectivity index (χ4v) is 1.64. The standard InChI is InChI=1S/C14H20N2O2/c1-11(15)8-14(17)18-13(10-16-2)9-12-6-4-3-5-7-12/h3-8,13,16H,9-10,15H2,1-2H3/b11-8-. The van der Waals surface area contributed by atoms with Crippen LogP contribution in [0.4, 0.5) is 0 Å². The summed E-state index contributed by atoms with van der Waals surface area (Å²) < 4.78 is 5.35. The minimum absolute atomic E-state index is 0.194. The topological polar surface area (TPSA) is 64.3 Å². The summed E-state index contributed by atoms with van der Waals surface area (Å²) >= 11 is 0. The van der Waals surface area contributed by atoms with E-state index in [-0.39, 0.29) is 6.10 Å². The molecule has 0 saturated heterocycles. The lowest BCUT2D eigenvalue weighted by Crippen LogP contribution is -2.30. The second kappa shape index (κ2) is 7.50. The van der Waals surface area contributed by atoms with Gasteiger partial charge in [0.25, 0.3) is 0 Å². The fourth-order valence-electron chi connectivity index (χ4n) is 1.64. The number of carbonyl (C=O) groups excluding carboxylic acids is 1. The quantitative estimate of drug-likeness (QED) is 0.587. The number of carbonyl (C=O) groups is 1. The van der Waals surface area contributed by atoms with Gasteiger partial charge in [-0.05, 0) is 19.5 Å². The smallest absolute Gasteiger partial charge is 0.332 e. The van der Waals surface area contributed by atoms with Crippen molar-refractivity contribution in [3.05, 3.63) is 47.7 Å². The number of ether oxygens (including phenoxy) is 1. The molecule has 18 heavy (non-hydrogen) atoms. The molecular weight excluding hydrogens is 228 g/mol. The van der Waals surface area contributed by atoms with E-state index >= 15 is 0 Å². The molecule has 4 nitrogen and oxygen atoms in total. The largest absolute Gasteiger partial charge is 0.457 e. The number of rotatable bonds is 6. The lowest BCUT2D eigenvalue weighted by atomic mass is 10.1. The fraction of sp³-hybridized carbons (Fsp3) is 0.357. The first-order valence-electron chi connectivity index (χ1n) is 5.94. The van der Waals surface area contributed by atoms with Crippen molar-refractivity contribution in [2.45, 2.75) is 19.4 Å². The highest BCUT2D eigenvalue weighted by atomic mass is 16.5. The third kappa shape index (κ3) is 5.50. The van der Waals surface area contributed by atoms with Gasteiger partial charge in [0, 0.05) is 24.7 Å². The Labute approximate surface area is 108 Å². The van der Waals surface area contributed by atoms with Crippen molar-refractivity contribution in [2.75, 3.05) is 13.6 Å². The van der Waals surface area contributed by atoms with Gasteiger partial charge in [0.1, 0.15) is 6.10 Å². The van der Waals surface area contributed by atoms with Crippen LogP contribution in [-0.2, 0) is 16.0 Å². The zero-order valence-corrected chi connectivity index (χ0v) is 10.8. The van der Waals surface area contributed by atoms with Gasteiger partial charge in [0.2, 0.25) is 0 Å². The Hall–Kier alpha value is -1.81. The third-order valence-corrected chi connectivity index (χ3v) is 2.37. The van der Waals surface area contributed by atoms with Crippen molar-refractivity contribution in [1.29, 1.82) is 0 Å². The number of nitrogens with two attached hydrogens (primary N) is 1. The molecule has 0 amide bonds. The Kier molecular flexibility index (Phi) is 5.94. The summed E-state index contributed by atoms with van der Waals surface area (Å²) in [6.45, 7) is 2.27. The molecule has 0 bridgehead atoms. The van der Waals surface area contributed by atoms with Gasteiger partial charge < -0.3 is 15.8 Å². The Balaban J connectivity index is 2.60. The summed E-state index contributed by atoms with van der Waals surface area (Å²) in [5.74, 6) is -0.397. The normalized spacial score (nSPS) is 13.1. The first kappa shape index (κ1) is 14.3. The van der Waals surface area contributed by atoms with Crippen molar-refractivity contribution in [2.24, 2.45) is 5.73 Å². The molecular formula is C14H20N2O2. The molecule has 0 radical (unpaired) electrons. The Bertz CT molecular complexity index is 398. The van der Waals surface area contributed by atoms with Gasteiger partial charge in [-0.2, -0.15) is 0 Å². The van der Waals surface area contributed by atoms with E-state index in [1.54, 1.807) is 6.92 Å². The van der Waals surface area contributed by atoms with Gasteiger partial charge in [-0.3, -0.25) is 0 Å². The molecule has 98 valence electrons. The molecule has 0 saturated carbocycles. The first-order valence-corrected chi connectivity index (χ1v) is 5.94. The van der Waals surface area contributed by atoms with E-state index in [0.717, 1.165) is 5.56 Å². The maximum absolute atomic E-state index is 11.5. The summed E-state index contributed by atoms with van der Waals surface area (Å²) in [6, 6.07) is 9.93. The predicted octanol–water partition coefficient (Wildman–Crippen LogP) is 1.22.